The Morgan fingerprint density at radius 2 is 2.19 bits per heavy atom. The van der Waals surface area contributed by atoms with Crippen molar-refractivity contribution in [2.75, 3.05) is 26.7 Å². The van der Waals surface area contributed by atoms with Crippen LogP contribution in [0.3, 0.4) is 0 Å². The summed E-state index contributed by atoms with van der Waals surface area (Å²) < 4.78 is 6.99. The Morgan fingerprint density at radius 1 is 1.38 bits per heavy atom. The van der Waals surface area contributed by atoms with E-state index in [1.807, 2.05) is 22.7 Å². The molecule has 0 bridgehead atoms. The lowest BCUT2D eigenvalue weighted by Gasteiger charge is -2.38. The molecule has 7 nitrogen and oxygen atoms in total. The first-order chi connectivity index (χ1) is 10.1. The molecule has 3 heterocycles. The molecule has 21 heavy (non-hydrogen) atoms. The van der Waals surface area contributed by atoms with Gasteiger partial charge in [0.25, 0.3) is 5.91 Å². The van der Waals surface area contributed by atoms with Crippen molar-refractivity contribution in [3.05, 3.63) is 35.7 Å². The molecule has 1 aliphatic rings. The quantitative estimate of drug-likeness (QED) is 0.820. The second-order valence-corrected chi connectivity index (χ2v) is 5.47. The Labute approximate surface area is 123 Å². The fraction of sp³-hybridized carbons (Fsp3) is 0.500. The molecule has 0 aliphatic carbocycles. The van der Waals surface area contributed by atoms with Gasteiger partial charge in [-0.05, 0) is 14.0 Å². The van der Waals surface area contributed by atoms with Gasteiger partial charge in [0.2, 0.25) is 0 Å². The maximum absolute atomic E-state index is 12.5. The van der Waals surface area contributed by atoms with E-state index >= 15 is 0 Å². The number of imidazole rings is 1. The van der Waals surface area contributed by atoms with Crippen LogP contribution in [0.1, 0.15) is 28.1 Å². The lowest BCUT2D eigenvalue weighted by molar-refractivity contribution is 0.0519. The van der Waals surface area contributed by atoms with E-state index in [4.69, 9.17) is 4.52 Å². The van der Waals surface area contributed by atoms with E-state index in [9.17, 15) is 4.79 Å². The first-order valence-corrected chi connectivity index (χ1v) is 6.96. The SMILES string of the molecule is Cc1cc(C(=O)N2CCN(C)C(c3nccn3C)C2)no1. The first-order valence-electron chi connectivity index (χ1n) is 6.96. The summed E-state index contributed by atoms with van der Waals surface area (Å²) in [6.45, 7) is 3.87. The van der Waals surface area contributed by atoms with Gasteiger partial charge in [-0.3, -0.25) is 9.69 Å². The van der Waals surface area contributed by atoms with Gasteiger partial charge in [-0.2, -0.15) is 0 Å². The van der Waals surface area contributed by atoms with E-state index in [1.54, 1.807) is 19.2 Å². The molecule has 1 aliphatic heterocycles. The van der Waals surface area contributed by atoms with Crippen molar-refractivity contribution in [3.63, 3.8) is 0 Å². The van der Waals surface area contributed by atoms with Gasteiger partial charge in [0.15, 0.2) is 5.69 Å². The monoisotopic (exact) mass is 289 g/mol. The van der Waals surface area contributed by atoms with Crippen molar-refractivity contribution in [3.8, 4) is 0 Å². The van der Waals surface area contributed by atoms with Crippen molar-refractivity contribution in [2.24, 2.45) is 7.05 Å². The summed E-state index contributed by atoms with van der Waals surface area (Å²) in [4.78, 5) is 20.9. The smallest absolute Gasteiger partial charge is 0.276 e. The average Bonchev–Trinajstić information content (AvgIpc) is 3.07. The Kier molecular flexibility index (Phi) is 3.50. The van der Waals surface area contributed by atoms with E-state index < -0.39 is 0 Å². The average molecular weight is 289 g/mol. The second-order valence-electron chi connectivity index (χ2n) is 5.47. The Balaban J connectivity index is 1.80. The number of hydrogen-bond acceptors (Lipinski definition) is 5. The molecule has 0 N–H and O–H groups in total. The zero-order chi connectivity index (χ0) is 15.0. The first kappa shape index (κ1) is 13.8. The molecule has 112 valence electrons. The number of rotatable bonds is 2. The highest BCUT2D eigenvalue weighted by Gasteiger charge is 2.32. The molecule has 1 amide bonds. The number of amides is 1. The minimum atomic E-state index is -0.0841. The van der Waals surface area contributed by atoms with Crippen LogP contribution in [-0.4, -0.2) is 57.1 Å². The molecule has 0 saturated carbocycles. The maximum Gasteiger partial charge on any atom is 0.276 e. The van der Waals surface area contributed by atoms with Gasteiger partial charge in [-0.1, -0.05) is 5.16 Å². The summed E-state index contributed by atoms with van der Waals surface area (Å²) in [6.07, 6.45) is 3.70. The standard InChI is InChI=1S/C14H19N5O2/c1-10-8-11(16-21-10)14(20)19-7-6-17(2)12(9-19)13-15-4-5-18(13)3/h4-5,8,12H,6-7,9H2,1-3H3. The minimum Gasteiger partial charge on any atom is -0.361 e. The van der Waals surface area contributed by atoms with Crippen LogP contribution in [-0.2, 0) is 7.05 Å². The van der Waals surface area contributed by atoms with Crippen molar-refractivity contribution < 1.29 is 9.32 Å². The predicted molar refractivity (Wildman–Crippen MR) is 75.7 cm³/mol. The van der Waals surface area contributed by atoms with E-state index in [-0.39, 0.29) is 11.9 Å². The minimum absolute atomic E-state index is 0.0841. The van der Waals surface area contributed by atoms with Gasteiger partial charge in [-0.25, -0.2) is 4.98 Å². The van der Waals surface area contributed by atoms with Crippen molar-refractivity contribution in [2.45, 2.75) is 13.0 Å². The zero-order valence-electron chi connectivity index (χ0n) is 12.5. The molecule has 7 heteroatoms. The van der Waals surface area contributed by atoms with Crippen LogP contribution >= 0.6 is 0 Å². The third-order valence-corrected chi connectivity index (χ3v) is 3.94. The second kappa shape index (κ2) is 5.33. The third-order valence-electron chi connectivity index (χ3n) is 3.94. The van der Waals surface area contributed by atoms with Gasteiger partial charge in [0.1, 0.15) is 11.6 Å². The Bertz CT molecular complexity index is 647. The number of aromatic nitrogens is 3. The van der Waals surface area contributed by atoms with Crippen molar-refractivity contribution in [1.82, 2.24) is 24.5 Å². The zero-order valence-corrected chi connectivity index (χ0v) is 12.5. The summed E-state index contributed by atoms with van der Waals surface area (Å²) in [5, 5.41) is 3.81. The number of aryl methyl sites for hydroxylation is 2. The molecule has 1 unspecified atom stereocenters. The highest BCUT2D eigenvalue weighted by Crippen LogP contribution is 2.23. The number of likely N-dealkylation sites (N-methyl/N-ethyl adjacent to an activating group) is 1. The van der Waals surface area contributed by atoms with Crippen LogP contribution in [0.25, 0.3) is 0 Å². The summed E-state index contributed by atoms with van der Waals surface area (Å²) in [5.41, 5.74) is 0.371. The van der Waals surface area contributed by atoms with E-state index in [0.29, 0.717) is 24.5 Å². The number of nitrogens with zero attached hydrogens (tertiary/aromatic N) is 5. The summed E-state index contributed by atoms with van der Waals surface area (Å²) in [7, 11) is 4.03. The predicted octanol–water partition coefficient (Wildman–Crippen LogP) is 0.845. The molecule has 1 saturated heterocycles. The number of carbonyl (C=O) groups is 1. The normalized spacial score (nSPS) is 20.0. The molecular formula is C14H19N5O2. The molecule has 1 atom stereocenters. The maximum atomic E-state index is 12.5. The van der Waals surface area contributed by atoms with Gasteiger partial charge in [0, 0.05) is 45.1 Å². The third kappa shape index (κ3) is 2.56. The molecule has 2 aromatic rings. The topological polar surface area (TPSA) is 67.4 Å². The highest BCUT2D eigenvalue weighted by atomic mass is 16.5. The molecule has 2 aromatic heterocycles. The van der Waals surface area contributed by atoms with E-state index in [2.05, 4.69) is 22.1 Å². The lowest BCUT2D eigenvalue weighted by atomic mass is 10.1. The van der Waals surface area contributed by atoms with Crippen LogP contribution in [0.2, 0.25) is 0 Å². The summed E-state index contributed by atoms with van der Waals surface area (Å²) >= 11 is 0. The molecule has 3 rings (SSSR count). The van der Waals surface area contributed by atoms with Gasteiger partial charge < -0.3 is 14.0 Å². The van der Waals surface area contributed by atoms with Crippen LogP contribution in [0.4, 0.5) is 0 Å². The lowest BCUT2D eigenvalue weighted by Crippen LogP contribution is -2.49. The summed E-state index contributed by atoms with van der Waals surface area (Å²) in [6, 6.07) is 1.77. The largest absolute Gasteiger partial charge is 0.361 e. The van der Waals surface area contributed by atoms with Crippen LogP contribution < -0.4 is 0 Å². The van der Waals surface area contributed by atoms with Gasteiger partial charge in [-0.15, -0.1) is 0 Å². The molecule has 1 fully saturated rings. The highest BCUT2D eigenvalue weighted by molar-refractivity contribution is 5.92. The van der Waals surface area contributed by atoms with Crippen molar-refractivity contribution in [1.29, 1.82) is 0 Å². The van der Waals surface area contributed by atoms with E-state index in [0.717, 1.165) is 12.4 Å². The Morgan fingerprint density at radius 3 is 2.81 bits per heavy atom. The van der Waals surface area contributed by atoms with Gasteiger partial charge in [0.05, 0.1) is 6.04 Å². The Hall–Kier alpha value is -2.15. The number of piperazine rings is 1. The fourth-order valence-corrected chi connectivity index (χ4v) is 2.66. The van der Waals surface area contributed by atoms with Crippen LogP contribution in [0.15, 0.2) is 23.0 Å². The van der Waals surface area contributed by atoms with Crippen LogP contribution in [0, 0.1) is 6.92 Å². The van der Waals surface area contributed by atoms with Gasteiger partial charge >= 0.3 is 0 Å². The molecule has 0 aromatic carbocycles. The van der Waals surface area contributed by atoms with Crippen molar-refractivity contribution >= 4 is 5.91 Å². The van der Waals surface area contributed by atoms with E-state index in [1.165, 1.54) is 0 Å². The fourth-order valence-electron chi connectivity index (χ4n) is 2.66. The molecule has 0 radical (unpaired) electrons. The van der Waals surface area contributed by atoms with Crippen LogP contribution in [0.5, 0.6) is 0 Å². The number of carbonyl (C=O) groups excluding carboxylic acids is 1. The number of hydrogen-bond donors (Lipinski definition) is 0. The molecular weight excluding hydrogens is 270 g/mol. The molecule has 0 spiro atoms. The summed E-state index contributed by atoms with van der Waals surface area (Å²) in [5.74, 6) is 1.53.